The highest BCUT2D eigenvalue weighted by Crippen LogP contribution is 2.28. The molecule has 27 heavy (non-hydrogen) atoms. The Balaban J connectivity index is 2.11. The maximum Gasteiger partial charge on any atom is 0.258 e. The molecule has 0 saturated heterocycles. The lowest BCUT2D eigenvalue weighted by Crippen LogP contribution is -2.34. The minimum atomic E-state index is -0.433. The van der Waals surface area contributed by atoms with Gasteiger partial charge in [0.05, 0.1) is 7.11 Å². The minimum absolute atomic E-state index is 0.0142. The highest BCUT2D eigenvalue weighted by atomic mass is 19.1. The van der Waals surface area contributed by atoms with Crippen molar-refractivity contribution < 1.29 is 23.5 Å². The van der Waals surface area contributed by atoms with Crippen molar-refractivity contribution >= 4 is 17.5 Å². The van der Waals surface area contributed by atoms with Crippen LogP contribution in [-0.2, 0) is 4.79 Å². The number of methoxy groups -OCH3 is 1. The number of aryl methyl sites for hydroxylation is 1. The van der Waals surface area contributed by atoms with Gasteiger partial charge in [0.2, 0.25) is 0 Å². The molecule has 0 saturated carbocycles. The smallest absolute Gasteiger partial charge is 0.258 e. The molecular formula is C20H23FN2O4. The van der Waals surface area contributed by atoms with Crippen LogP contribution < -0.4 is 20.1 Å². The summed E-state index contributed by atoms with van der Waals surface area (Å²) in [6, 6.07) is 8.78. The largest absolute Gasteiger partial charge is 0.493 e. The monoisotopic (exact) mass is 374 g/mol. The van der Waals surface area contributed by atoms with Gasteiger partial charge in [0, 0.05) is 17.3 Å². The van der Waals surface area contributed by atoms with Crippen molar-refractivity contribution in [2.24, 2.45) is 0 Å². The van der Waals surface area contributed by atoms with E-state index in [1.165, 1.54) is 25.3 Å². The molecule has 2 aromatic rings. The van der Waals surface area contributed by atoms with E-state index in [9.17, 15) is 14.0 Å². The summed E-state index contributed by atoms with van der Waals surface area (Å²) in [4.78, 5) is 24.1. The van der Waals surface area contributed by atoms with Crippen LogP contribution in [0.25, 0.3) is 0 Å². The summed E-state index contributed by atoms with van der Waals surface area (Å²) in [5, 5.41) is 5.39. The SMILES string of the molecule is COc1cc(C(=O)Nc2cc(F)ccc2C)ccc1OCC(=O)NC(C)C. The Labute approximate surface area is 157 Å². The molecule has 0 aliphatic heterocycles. The molecule has 0 bridgehead atoms. The molecule has 144 valence electrons. The summed E-state index contributed by atoms with van der Waals surface area (Å²) in [5.74, 6) is -0.440. The molecule has 0 radical (unpaired) electrons. The lowest BCUT2D eigenvalue weighted by atomic mass is 10.1. The molecular weight excluding hydrogens is 351 g/mol. The second kappa shape index (κ2) is 9.02. The lowest BCUT2D eigenvalue weighted by Gasteiger charge is -2.14. The number of anilines is 1. The molecule has 0 aromatic heterocycles. The number of benzene rings is 2. The van der Waals surface area contributed by atoms with Crippen LogP contribution in [0.3, 0.4) is 0 Å². The van der Waals surface area contributed by atoms with Gasteiger partial charge in [-0.3, -0.25) is 9.59 Å². The standard InChI is InChI=1S/C20H23FN2O4/c1-12(2)22-19(24)11-27-17-8-6-14(9-18(17)26-4)20(25)23-16-10-15(21)7-5-13(16)3/h5-10,12H,11H2,1-4H3,(H,22,24)(H,23,25). The summed E-state index contributed by atoms with van der Waals surface area (Å²) < 4.78 is 24.1. The average molecular weight is 374 g/mol. The second-order valence-corrected chi connectivity index (χ2v) is 6.29. The van der Waals surface area contributed by atoms with E-state index in [0.717, 1.165) is 5.56 Å². The van der Waals surface area contributed by atoms with Crippen LogP contribution in [0.5, 0.6) is 11.5 Å². The van der Waals surface area contributed by atoms with E-state index in [1.54, 1.807) is 25.1 Å². The maximum atomic E-state index is 13.4. The first-order valence-electron chi connectivity index (χ1n) is 8.48. The highest BCUT2D eigenvalue weighted by Gasteiger charge is 2.14. The number of hydrogen-bond donors (Lipinski definition) is 2. The predicted octanol–water partition coefficient (Wildman–Crippen LogP) is 3.30. The third-order valence-corrected chi connectivity index (χ3v) is 3.68. The molecule has 2 aromatic carbocycles. The first-order valence-corrected chi connectivity index (χ1v) is 8.48. The third kappa shape index (κ3) is 5.70. The van der Waals surface area contributed by atoms with E-state index in [-0.39, 0.29) is 18.6 Å². The third-order valence-electron chi connectivity index (χ3n) is 3.68. The van der Waals surface area contributed by atoms with Crippen LogP contribution in [-0.4, -0.2) is 31.6 Å². The van der Waals surface area contributed by atoms with Crippen molar-refractivity contribution in [2.75, 3.05) is 19.0 Å². The number of nitrogens with one attached hydrogen (secondary N) is 2. The highest BCUT2D eigenvalue weighted by molar-refractivity contribution is 6.05. The minimum Gasteiger partial charge on any atom is -0.493 e. The summed E-state index contributed by atoms with van der Waals surface area (Å²) in [6.45, 7) is 5.32. The van der Waals surface area contributed by atoms with Gasteiger partial charge in [-0.15, -0.1) is 0 Å². The zero-order valence-corrected chi connectivity index (χ0v) is 15.8. The van der Waals surface area contributed by atoms with Crippen LogP contribution >= 0.6 is 0 Å². The van der Waals surface area contributed by atoms with Crippen molar-refractivity contribution in [3.63, 3.8) is 0 Å². The molecule has 0 unspecified atom stereocenters. The fraction of sp³-hybridized carbons (Fsp3) is 0.300. The van der Waals surface area contributed by atoms with E-state index in [0.29, 0.717) is 22.7 Å². The van der Waals surface area contributed by atoms with Gasteiger partial charge in [0.25, 0.3) is 11.8 Å². The zero-order valence-electron chi connectivity index (χ0n) is 15.8. The van der Waals surface area contributed by atoms with Gasteiger partial charge >= 0.3 is 0 Å². The van der Waals surface area contributed by atoms with Gasteiger partial charge in [-0.2, -0.15) is 0 Å². The van der Waals surface area contributed by atoms with Crippen LogP contribution in [0.4, 0.5) is 10.1 Å². The van der Waals surface area contributed by atoms with E-state index in [4.69, 9.17) is 9.47 Å². The first-order chi connectivity index (χ1) is 12.8. The van der Waals surface area contributed by atoms with Crippen LogP contribution in [0.1, 0.15) is 29.8 Å². The molecule has 0 aliphatic carbocycles. The summed E-state index contributed by atoms with van der Waals surface area (Å²) in [7, 11) is 1.44. The molecule has 7 heteroatoms. The van der Waals surface area contributed by atoms with Crippen molar-refractivity contribution in [2.45, 2.75) is 26.8 Å². The Bertz CT molecular complexity index is 837. The summed E-state index contributed by atoms with van der Waals surface area (Å²) in [5.41, 5.74) is 1.45. The van der Waals surface area contributed by atoms with E-state index in [2.05, 4.69) is 10.6 Å². The number of carbonyl (C=O) groups is 2. The van der Waals surface area contributed by atoms with E-state index in [1.807, 2.05) is 13.8 Å². The normalized spacial score (nSPS) is 10.4. The van der Waals surface area contributed by atoms with E-state index < -0.39 is 11.7 Å². The van der Waals surface area contributed by atoms with Gasteiger partial charge in [0.1, 0.15) is 5.82 Å². The molecule has 2 rings (SSSR count). The molecule has 6 nitrogen and oxygen atoms in total. The fourth-order valence-electron chi connectivity index (χ4n) is 2.36. The Kier molecular flexibility index (Phi) is 6.76. The number of halogens is 1. The topological polar surface area (TPSA) is 76.7 Å². The van der Waals surface area contributed by atoms with Gasteiger partial charge in [-0.05, 0) is 56.7 Å². The molecule has 2 amide bonds. The van der Waals surface area contributed by atoms with Crippen molar-refractivity contribution in [3.8, 4) is 11.5 Å². The summed E-state index contributed by atoms with van der Waals surface area (Å²) >= 11 is 0. The van der Waals surface area contributed by atoms with Crippen molar-refractivity contribution in [3.05, 3.63) is 53.3 Å². The maximum absolute atomic E-state index is 13.4. The quantitative estimate of drug-likeness (QED) is 0.780. The van der Waals surface area contributed by atoms with Crippen LogP contribution in [0.2, 0.25) is 0 Å². The fourth-order valence-corrected chi connectivity index (χ4v) is 2.36. The lowest BCUT2D eigenvalue weighted by molar-refractivity contribution is -0.123. The van der Waals surface area contributed by atoms with Gasteiger partial charge < -0.3 is 20.1 Å². The molecule has 0 fully saturated rings. The number of hydrogen-bond acceptors (Lipinski definition) is 4. The zero-order chi connectivity index (χ0) is 20.0. The predicted molar refractivity (Wildman–Crippen MR) is 101 cm³/mol. The Morgan fingerprint density at radius 3 is 2.52 bits per heavy atom. The van der Waals surface area contributed by atoms with Crippen molar-refractivity contribution in [1.29, 1.82) is 0 Å². The molecule has 0 aliphatic rings. The Morgan fingerprint density at radius 2 is 1.85 bits per heavy atom. The molecule has 0 atom stereocenters. The molecule has 0 spiro atoms. The van der Waals surface area contributed by atoms with Gasteiger partial charge in [-0.1, -0.05) is 6.07 Å². The van der Waals surface area contributed by atoms with Gasteiger partial charge in [-0.25, -0.2) is 4.39 Å². The van der Waals surface area contributed by atoms with E-state index >= 15 is 0 Å². The number of rotatable bonds is 7. The Morgan fingerprint density at radius 1 is 1.11 bits per heavy atom. The first kappa shape index (κ1) is 20.2. The second-order valence-electron chi connectivity index (χ2n) is 6.29. The summed E-state index contributed by atoms with van der Waals surface area (Å²) in [6.07, 6.45) is 0. The average Bonchev–Trinajstić information content (AvgIpc) is 2.62. The number of carbonyl (C=O) groups excluding carboxylic acids is 2. The molecule has 0 heterocycles. The molecule has 2 N–H and O–H groups in total. The van der Waals surface area contributed by atoms with Crippen LogP contribution in [0, 0.1) is 12.7 Å². The van der Waals surface area contributed by atoms with Crippen molar-refractivity contribution in [1.82, 2.24) is 5.32 Å². The van der Waals surface area contributed by atoms with Crippen LogP contribution in [0.15, 0.2) is 36.4 Å². The Hall–Kier alpha value is -3.09. The number of ether oxygens (including phenoxy) is 2. The number of amides is 2. The van der Waals surface area contributed by atoms with Gasteiger partial charge in [0.15, 0.2) is 18.1 Å².